The number of piperidine rings is 1. The number of benzene rings is 1. The molecule has 1 aromatic carbocycles. The summed E-state index contributed by atoms with van der Waals surface area (Å²) < 4.78 is 26.8. The second-order valence-electron chi connectivity index (χ2n) is 5.83. The van der Waals surface area contributed by atoms with Crippen LogP contribution in [0.25, 0.3) is 0 Å². The lowest BCUT2D eigenvalue weighted by atomic mass is 9.93. The summed E-state index contributed by atoms with van der Waals surface area (Å²) in [5.74, 6) is 0.141. The second-order valence-corrected chi connectivity index (χ2v) is 7.77. The Kier molecular flexibility index (Phi) is 6.52. The van der Waals surface area contributed by atoms with Gasteiger partial charge in [0.25, 0.3) is 5.69 Å². The number of rotatable bonds is 4. The lowest BCUT2D eigenvalue weighted by molar-refractivity contribution is -0.385. The SMILES string of the molecule is Cc1cc(S(=O)(=O)N2CCCC(C(C)N)C2)ccc1[N+](=O)[O-].Cl. The van der Waals surface area contributed by atoms with Gasteiger partial charge in [-0.25, -0.2) is 8.42 Å². The Hall–Kier alpha value is -1.22. The maximum atomic E-state index is 12.7. The number of nitrogens with two attached hydrogens (primary N) is 1. The molecule has 0 saturated carbocycles. The van der Waals surface area contributed by atoms with Crippen LogP contribution in [-0.4, -0.2) is 36.8 Å². The zero-order valence-corrected chi connectivity index (χ0v) is 14.8. The first-order chi connectivity index (χ1) is 10.2. The predicted octanol–water partition coefficient (Wildman–Crippen LogP) is 2.07. The van der Waals surface area contributed by atoms with Gasteiger partial charge in [0.05, 0.1) is 9.82 Å². The van der Waals surface area contributed by atoms with Crippen LogP contribution in [0.15, 0.2) is 23.1 Å². The number of hydrogen-bond donors (Lipinski definition) is 1. The van der Waals surface area contributed by atoms with Crippen molar-refractivity contribution in [2.75, 3.05) is 13.1 Å². The van der Waals surface area contributed by atoms with E-state index in [0.29, 0.717) is 18.7 Å². The summed E-state index contributed by atoms with van der Waals surface area (Å²) in [4.78, 5) is 10.4. The average Bonchev–Trinajstić information content (AvgIpc) is 2.46. The van der Waals surface area contributed by atoms with Crippen molar-refractivity contribution >= 4 is 28.1 Å². The molecular weight excluding hydrogens is 342 g/mol. The fraction of sp³-hybridized carbons (Fsp3) is 0.571. The van der Waals surface area contributed by atoms with Crippen LogP contribution in [0, 0.1) is 23.0 Å². The first-order valence-electron chi connectivity index (χ1n) is 7.24. The molecule has 7 nitrogen and oxygen atoms in total. The number of halogens is 1. The molecule has 1 heterocycles. The summed E-state index contributed by atoms with van der Waals surface area (Å²) in [6, 6.07) is 3.85. The molecule has 0 amide bonds. The van der Waals surface area contributed by atoms with Crippen molar-refractivity contribution in [2.45, 2.75) is 37.6 Å². The summed E-state index contributed by atoms with van der Waals surface area (Å²) in [5.41, 5.74) is 6.15. The van der Waals surface area contributed by atoms with E-state index in [-0.39, 0.29) is 34.9 Å². The Balaban J connectivity index is 0.00000264. The molecular formula is C14H22ClN3O4S. The highest BCUT2D eigenvalue weighted by molar-refractivity contribution is 7.89. The van der Waals surface area contributed by atoms with Gasteiger partial charge in [-0.2, -0.15) is 4.31 Å². The molecule has 0 aromatic heterocycles. The number of aryl methyl sites for hydroxylation is 1. The van der Waals surface area contributed by atoms with Crippen molar-refractivity contribution in [1.29, 1.82) is 0 Å². The Morgan fingerprint density at radius 1 is 1.43 bits per heavy atom. The molecule has 23 heavy (non-hydrogen) atoms. The highest BCUT2D eigenvalue weighted by Gasteiger charge is 2.32. The highest BCUT2D eigenvalue weighted by Crippen LogP contribution is 2.27. The van der Waals surface area contributed by atoms with E-state index in [1.807, 2.05) is 6.92 Å². The van der Waals surface area contributed by atoms with Crippen LogP contribution in [0.2, 0.25) is 0 Å². The molecule has 2 rings (SSSR count). The van der Waals surface area contributed by atoms with Crippen LogP contribution in [0.4, 0.5) is 5.69 Å². The van der Waals surface area contributed by atoms with E-state index < -0.39 is 14.9 Å². The van der Waals surface area contributed by atoms with Crippen molar-refractivity contribution in [1.82, 2.24) is 4.31 Å². The van der Waals surface area contributed by atoms with Crippen LogP contribution >= 0.6 is 12.4 Å². The number of nitro groups is 1. The Morgan fingerprint density at radius 2 is 2.09 bits per heavy atom. The zero-order valence-electron chi connectivity index (χ0n) is 13.1. The quantitative estimate of drug-likeness (QED) is 0.651. The van der Waals surface area contributed by atoms with Crippen LogP contribution < -0.4 is 5.73 Å². The third kappa shape index (κ3) is 4.20. The first-order valence-corrected chi connectivity index (χ1v) is 8.68. The second kappa shape index (κ2) is 7.57. The molecule has 1 aromatic rings. The number of sulfonamides is 1. The van der Waals surface area contributed by atoms with Crippen molar-refractivity contribution in [3.05, 3.63) is 33.9 Å². The van der Waals surface area contributed by atoms with Crippen molar-refractivity contribution in [2.24, 2.45) is 11.7 Å². The van der Waals surface area contributed by atoms with E-state index in [9.17, 15) is 18.5 Å². The van der Waals surface area contributed by atoms with Gasteiger partial charge in [-0.05, 0) is 44.7 Å². The minimum absolute atomic E-state index is 0. The van der Waals surface area contributed by atoms with E-state index in [0.717, 1.165) is 12.8 Å². The molecule has 1 aliphatic rings. The molecule has 1 fully saturated rings. The summed E-state index contributed by atoms with van der Waals surface area (Å²) in [5, 5.41) is 10.8. The van der Waals surface area contributed by atoms with Gasteiger partial charge in [-0.15, -0.1) is 12.4 Å². The Morgan fingerprint density at radius 3 is 2.61 bits per heavy atom. The maximum absolute atomic E-state index is 12.7. The summed E-state index contributed by atoms with van der Waals surface area (Å²) >= 11 is 0. The number of nitro benzene ring substituents is 1. The molecule has 1 aliphatic heterocycles. The minimum Gasteiger partial charge on any atom is -0.328 e. The molecule has 2 unspecified atom stereocenters. The predicted molar refractivity (Wildman–Crippen MR) is 90.2 cm³/mol. The monoisotopic (exact) mass is 363 g/mol. The summed E-state index contributed by atoms with van der Waals surface area (Å²) in [6.45, 7) is 4.28. The van der Waals surface area contributed by atoms with Crippen molar-refractivity contribution in [3.63, 3.8) is 0 Å². The van der Waals surface area contributed by atoms with Gasteiger partial charge in [0.1, 0.15) is 0 Å². The lowest BCUT2D eigenvalue weighted by Crippen LogP contribution is -2.44. The van der Waals surface area contributed by atoms with E-state index in [1.165, 1.54) is 29.4 Å². The van der Waals surface area contributed by atoms with Crippen molar-refractivity contribution in [3.8, 4) is 0 Å². The standard InChI is InChI=1S/C14H21N3O4S.ClH/c1-10-8-13(5-6-14(10)17(18)19)22(20,21)16-7-3-4-12(9-16)11(2)15;/h5-6,8,11-12H,3-4,7,9,15H2,1-2H3;1H. The van der Waals surface area contributed by atoms with Crippen LogP contribution in [0.3, 0.4) is 0 Å². The lowest BCUT2D eigenvalue weighted by Gasteiger charge is -2.33. The third-order valence-corrected chi connectivity index (χ3v) is 6.03. The van der Waals surface area contributed by atoms with Gasteiger partial charge < -0.3 is 5.73 Å². The van der Waals surface area contributed by atoms with Crippen molar-refractivity contribution < 1.29 is 13.3 Å². The Labute approximate surface area is 142 Å². The number of hydrogen-bond acceptors (Lipinski definition) is 5. The van der Waals surface area contributed by atoms with Crippen LogP contribution in [0.1, 0.15) is 25.3 Å². The molecule has 130 valence electrons. The van der Waals surface area contributed by atoms with E-state index >= 15 is 0 Å². The van der Waals surface area contributed by atoms with Gasteiger partial charge in [0, 0.05) is 30.8 Å². The minimum atomic E-state index is -3.64. The fourth-order valence-corrected chi connectivity index (χ4v) is 4.38. The average molecular weight is 364 g/mol. The molecule has 2 atom stereocenters. The van der Waals surface area contributed by atoms with Gasteiger partial charge in [-0.1, -0.05) is 0 Å². The van der Waals surface area contributed by atoms with Gasteiger partial charge in [-0.3, -0.25) is 10.1 Å². The topological polar surface area (TPSA) is 107 Å². The summed E-state index contributed by atoms with van der Waals surface area (Å²) in [6.07, 6.45) is 1.69. The first kappa shape index (κ1) is 19.8. The van der Waals surface area contributed by atoms with E-state index in [2.05, 4.69) is 0 Å². The van der Waals surface area contributed by atoms with Crippen LogP contribution in [0.5, 0.6) is 0 Å². The largest absolute Gasteiger partial charge is 0.328 e. The normalized spacial score (nSPS) is 20.6. The Bertz CT molecular complexity index is 679. The maximum Gasteiger partial charge on any atom is 0.272 e. The molecule has 0 bridgehead atoms. The fourth-order valence-electron chi connectivity index (χ4n) is 2.76. The molecule has 0 radical (unpaired) electrons. The summed E-state index contributed by atoms with van der Waals surface area (Å²) in [7, 11) is -3.64. The molecule has 0 spiro atoms. The van der Waals surface area contributed by atoms with Gasteiger partial charge in [0.15, 0.2) is 0 Å². The van der Waals surface area contributed by atoms with E-state index in [1.54, 1.807) is 0 Å². The number of nitrogens with zero attached hydrogens (tertiary/aromatic N) is 2. The highest BCUT2D eigenvalue weighted by atomic mass is 35.5. The smallest absolute Gasteiger partial charge is 0.272 e. The molecule has 2 N–H and O–H groups in total. The molecule has 1 saturated heterocycles. The van der Waals surface area contributed by atoms with Gasteiger partial charge in [0.2, 0.25) is 10.0 Å². The third-order valence-electron chi connectivity index (χ3n) is 4.17. The van der Waals surface area contributed by atoms with E-state index in [4.69, 9.17) is 5.73 Å². The zero-order chi connectivity index (χ0) is 16.5. The van der Waals surface area contributed by atoms with Crippen LogP contribution in [-0.2, 0) is 10.0 Å². The molecule has 9 heteroatoms. The molecule has 0 aliphatic carbocycles. The van der Waals surface area contributed by atoms with Gasteiger partial charge >= 0.3 is 0 Å².